The van der Waals surface area contributed by atoms with Gasteiger partial charge < -0.3 is 15.4 Å². The molecule has 1 aliphatic heterocycles. The molecule has 5 heteroatoms. The minimum absolute atomic E-state index is 0.0330. The lowest BCUT2D eigenvalue weighted by molar-refractivity contribution is -0.116. The molecule has 2 N–H and O–H groups in total. The molecule has 114 valence electrons. The lowest BCUT2D eigenvalue weighted by Crippen LogP contribution is -2.31. The van der Waals surface area contributed by atoms with Crippen LogP contribution in [0.4, 0.5) is 5.69 Å². The lowest BCUT2D eigenvalue weighted by atomic mass is 10.1. The average Bonchev–Trinajstić information content (AvgIpc) is 2.98. The monoisotopic (exact) mass is 290 g/mol. The Labute approximate surface area is 125 Å². The number of carbonyl (C=O) groups excluding carboxylic acids is 2. The van der Waals surface area contributed by atoms with Gasteiger partial charge in [0.1, 0.15) is 0 Å². The van der Waals surface area contributed by atoms with E-state index >= 15 is 0 Å². The summed E-state index contributed by atoms with van der Waals surface area (Å²) in [5, 5.41) is 5.66. The highest BCUT2D eigenvalue weighted by atomic mass is 16.5. The smallest absolute Gasteiger partial charge is 0.251 e. The van der Waals surface area contributed by atoms with Gasteiger partial charge in [-0.15, -0.1) is 0 Å². The second-order valence-corrected chi connectivity index (χ2v) is 5.22. The van der Waals surface area contributed by atoms with E-state index in [4.69, 9.17) is 4.74 Å². The zero-order valence-electron chi connectivity index (χ0n) is 12.4. The highest BCUT2D eigenvalue weighted by molar-refractivity contribution is 5.97. The second-order valence-electron chi connectivity index (χ2n) is 5.22. The molecule has 0 saturated carbocycles. The van der Waals surface area contributed by atoms with Crippen molar-refractivity contribution >= 4 is 17.5 Å². The van der Waals surface area contributed by atoms with Crippen molar-refractivity contribution in [1.82, 2.24) is 5.32 Å². The first-order valence-electron chi connectivity index (χ1n) is 7.48. The van der Waals surface area contributed by atoms with Crippen LogP contribution in [0, 0.1) is 0 Å². The molecule has 0 bridgehead atoms. The number of benzene rings is 1. The molecule has 0 radical (unpaired) electrons. The first kappa shape index (κ1) is 15.5. The van der Waals surface area contributed by atoms with E-state index in [9.17, 15) is 9.59 Å². The Morgan fingerprint density at radius 3 is 2.95 bits per heavy atom. The van der Waals surface area contributed by atoms with Crippen LogP contribution in [0.1, 0.15) is 43.0 Å². The van der Waals surface area contributed by atoms with Gasteiger partial charge in [0.2, 0.25) is 5.91 Å². The maximum atomic E-state index is 12.1. The molecule has 0 spiro atoms. The number of amides is 2. The highest BCUT2D eigenvalue weighted by Gasteiger charge is 2.16. The van der Waals surface area contributed by atoms with Crippen molar-refractivity contribution in [3.63, 3.8) is 0 Å². The van der Waals surface area contributed by atoms with Gasteiger partial charge in [-0.05, 0) is 37.5 Å². The van der Waals surface area contributed by atoms with E-state index in [0.717, 1.165) is 25.9 Å². The van der Waals surface area contributed by atoms with Crippen LogP contribution >= 0.6 is 0 Å². The van der Waals surface area contributed by atoms with Crippen LogP contribution in [0.5, 0.6) is 0 Å². The quantitative estimate of drug-likeness (QED) is 0.845. The molecule has 1 aromatic carbocycles. The fourth-order valence-electron chi connectivity index (χ4n) is 2.30. The standard InChI is InChI=1S/C16H22N2O3/c1-2-5-15(19)18-13-7-3-6-12(10-13)16(20)17-11-14-8-4-9-21-14/h3,6-7,10,14H,2,4-5,8-9,11H2,1H3,(H,17,20)(H,18,19). The molecule has 1 aliphatic rings. The Morgan fingerprint density at radius 1 is 1.38 bits per heavy atom. The third-order valence-corrected chi connectivity index (χ3v) is 3.40. The Bertz CT molecular complexity index is 496. The van der Waals surface area contributed by atoms with Crippen molar-refractivity contribution < 1.29 is 14.3 Å². The number of anilines is 1. The molecule has 1 saturated heterocycles. The van der Waals surface area contributed by atoms with Gasteiger partial charge in [-0.2, -0.15) is 0 Å². The van der Waals surface area contributed by atoms with Crippen LogP contribution in [-0.4, -0.2) is 31.1 Å². The van der Waals surface area contributed by atoms with E-state index in [0.29, 0.717) is 24.2 Å². The van der Waals surface area contributed by atoms with E-state index in [1.807, 2.05) is 6.92 Å². The number of nitrogens with one attached hydrogen (secondary N) is 2. The van der Waals surface area contributed by atoms with Crippen molar-refractivity contribution in [2.75, 3.05) is 18.5 Å². The summed E-state index contributed by atoms with van der Waals surface area (Å²) < 4.78 is 5.47. The summed E-state index contributed by atoms with van der Waals surface area (Å²) in [6.07, 6.45) is 3.46. The van der Waals surface area contributed by atoms with E-state index in [1.54, 1.807) is 24.3 Å². The van der Waals surface area contributed by atoms with Crippen molar-refractivity contribution in [2.45, 2.75) is 38.7 Å². The minimum Gasteiger partial charge on any atom is -0.376 e. The van der Waals surface area contributed by atoms with Crippen molar-refractivity contribution in [3.8, 4) is 0 Å². The molecule has 1 aromatic rings. The van der Waals surface area contributed by atoms with Gasteiger partial charge in [0.05, 0.1) is 6.10 Å². The summed E-state index contributed by atoms with van der Waals surface area (Å²) in [6.45, 7) is 3.26. The molecular formula is C16H22N2O3. The number of rotatable bonds is 6. The zero-order valence-corrected chi connectivity index (χ0v) is 12.4. The van der Waals surface area contributed by atoms with Crippen LogP contribution in [0.2, 0.25) is 0 Å². The zero-order chi connectivity index (χ0) is 15.1. The molecule has 0 aliphatic carbocycles. The molecule has 1 fully saturated rings. The number of ether oxygens (including phenoxy) is 1. The predicted molar refractivity (Wildman–Crippen MR) is 81.3 cm³/mol. The average molecular weight is 290 g/mol. The summed E-state index contributed by atoms with van der Waals surface area (Å²) in [5.41, 5.74) is 1.19. The normalized spacial score (nSPS) is 17.5. The molecule has 2 amide bonds. The van der Waals surface area contributed by atoms with Gasteiger partial charge in [0.25, 0.3) is 5.91 Å². The van der Waals surface area contributed by atoms with Crippen molar-refractivity contribution in [2.24, 2.45) is 0 Å². The molecule has 1 unspecified atom stereocenters. The maximum Gasteiger partial charge on any atom is 0.251 e. The Hall–Kier alpha value is -1.88. The summed E-state index contributed by atoms with van der Waals surface area (Å²) >= 11 is 0. The predicted octanol–water partition coefficient (Wildman–Crippen LogP) is 2.33. The van der Waals surface area contributed by atoms with Gasteiger partial charge in [-0.25, -0.2) is 0 Å². The molecule has 5 nitrogen and oxygen atoms in total. The molecule has 2 rings (SSSR count). The van der Waals surface area contributed by atoms with Crippen LogP contribution in [0.15, 0.2) is 24.3 Å². The first-order chi connectivity index (χ1) is 10.2. The molecular weight excluding hydrogens is 268 g/mol. The second kappa shape index (κ2) is 7.78. The molecule has 1 heterocycles. The first-order valence-corrected chi connectivity index (χ1v) is 7.48. The number of hydrogen-bond donors (Lipinski definition) is 2. The minimum atomic E-state index is -0.142. The van der Waals surface area contributed by atoms with Crippen molar-refractivity contribution in [3.05, 3.63) is 29.8 Å². The summed E-state index contributed by atoms with van der Waals surface area (Å²) in [6, 6.07) is 6.98. The molecule has 0 aromatic heterocycles. The van der Waals surface area contributed by atoms with E-state index in [1.165, 1.54) is 0 Å². The van der Waals surface area contributed by atoms with Gasteiger partial charge in [-0.3, -0.25) is 9.59 Å². The largest absolute Gasteiger partial charge is 0.376 e. The van der Waals surface area contributed by atoms with Crippen LogP contribution < -0.4 is 10.6 Å². The van der Waals surface area contributed by atoms with Crippen LogP contribution in [0.25, 0.3) is 0 Å². The van der Waals surface area contributed by atoms with Gasteiger partial charge in [-0.1, -0.05) is 13.0 Å². The highest BCUT2D eigenvalue weighted by Crippen LogP contribution is 2.13. The Balaban J connectivity index is 1.89. The molecule has 1 atom stereocenters. The number of carbonyl (C=O) groups is 2. The van der Waals surface area contributed by atoms with E-state index in [2.05, 4.69) is 10.6 Å². The maximum absolute atomic E-state index is 12.1. The Morgan fingerprint density at radius 2 is 2.24 bits per heavy atom. The summed E-state index contributed by atoms with van der Waals surface area (Å²) in [5.74, 6) is -0.175. The molecule has 21 heavy (non-hydrogen) atoms. The van der Waals surface area contributed by atoms with Gasteiger partial charge >= 0.3 is 0 Å². The van der Waals surface area contributed by atoms with Crippen molar-refractivity contribution in [1.29, 1.82) is 0 Å². The van der Waals surface area contributed by atoms with E-state index < -0.39 is 0 Å². The van der Waals surface area contributed by atoms with E-state index in [-0.39, 0.29) is 17.9 Å². The summed E-state index contributed by atoms with van der Waals surface area (Å²) in [4.78, 5) is 23.7. The summed E-state index contributed by atoms with van der Waals surface area (Å²) in [7, 11) is 0. The number of hydrogen-bond acceptors (Lipinski definition) is 3. The van der Waals surface area contributed by atoms with Crippen LogP contribution in [-0.2, 0) is 9.53 Å². The topological polar surface area (TPSA) is 67.4 Å². The van der Waals surface area contributed by atoms with Crippen LogP contribution in [0.3, 0.4) is 0 Å². The SMILES string of the molecule is CCCC(=O)Nc1cccc(C(=O)NCC2CCCO2)c1. The van der Waals surface area contributed by atoms with Gasteiger partial charge in [0, 0.05) is 30.8 Å². The fraction of sp³-hybridized carbons (Fsp3) is 0.500. The van der Waals surface area contributed by atoms with Gasteiger partial charge in [0.15, 0.2) is 0 Å². The fourth-order valence-corrected chi connectivity index (χ4v) is 2.30. The third kappa shape index (κ3) is 4.86. The lowest BCUT2D eigenvalue weighted by Gasteiger charge is -2.11. The third-order valence-electron chi connectivity index (χ3n) is 3.40. The Kier molecular flexibility index (Phi) is 5.75.